The summed E-state index contributed by atoms with van der Waals surface area (Å²) in [4.78, 5) is 19.4. The molecule has 2 aliphatic carbocycles. The summed E-state index contributed by atoms with van der Waals surface area (Å²) in [5.41, 5.74) is 0.581. The van der Waals surface area contributed by atoms with E-state index in [1.165, 1.54) is 0 Å². The van der Waals surface area contributed by atoms with Gasteiger partial charge in [0.15, 0.2) is 0 Å². The Morgan fingerprint density at radius 2 is 2.00 bits per heavy atom. The third-order valence-corrected chi connectivity index (χ3v) is 8.26. The van der Waals surface area contributed by atoms with Crippen LogP contribution in [0.4, 0.5) is 0 Å². The predicted octanol–water partition coefficient (Wildman–Crippen LogP) is 3.15. The van der Waals surface area contributed by atoms with E-state index in [1.807, 2.05) is 30.2 Å². The number of aromatic nitrogens is 1. The number of fused-ring (bicyclic) bond motifs is 1. The molecule has 2 heterocycles. The number of carbonyl (C=O) groups is 1. The number of pyridine rings is 1. The topological polar surface area (TPSA) is 74.7 Å². The van der Waals surface area contributed by atoms with Crippen LogP contribution in [0.5, 0.6) is 0 Å². The Hall–Kier alpha value is -1.50. The molecule has 1 aromatic rings. The van der Waals surface area contributed by atoms with Gasteiger partial charge in [0, 0.05) is 38.3 Å². The molecular weight excluding hydrogens is 390 g/mol. The van der Waals surface area contributed by atoms with Gasteiger partial charge < -0.3 is 20.1 Å². The number of nitrogens with zero attached hydrogens (tertiary/aromatic N) is 2. The van der Waals surface area contributed by atoms with Crippen LogP contribution >= 0.6 is 0 Å². The second-order valence-corrected chi connectivity index (χ2v) is 10.9. The molecule has 2 N–H and O–H groups in total. The van der Waals surface area contributed by atoms with Crippen molar-refractivity contribution in [1.29, 1.82) is 0 Å². The van der Waals surface area contributed by atoms with Crippen molar-refractivity contribution < 1.29 is 14.6 Å². The molecular formula is C25H39N3O3. The molecule has 0 aromatic carbocycles. The fourth-order valence-electron chi connectivity index (χ4n) is 6.55. The Kier molecular flexibility index (Phi) is 6.44. The van der Waals surface area contributed by atoms with Crippen LogP contribution in [0.1, 0.15) is 65.0 Å². The number of ether oxygens (including phenoxy) is 1. The molecule has 2 saturated carbocycles. The summed E-state index contributed by atoms with van der Waals surface area (Å²) in [5.74, 6) is 0.643. The number of morpholine rings is 1. The van der Waals surface area contributed by atoms with Gasteiger partial charge in [-0.25, -0.2) is 0 Å². The maximum atomic E-state index is 13.0. The van der Waals surface area contributed by atoms with Gasteiger partial charge in [0.1, 0.15) is 0 Å². The number of carbonyl (C=O) groups excluding carboxylic acids is 1. The Bertz CT molecular complexity index is 761. The van der Waals surface area contributed by atoms with Gasteiger partial charge in [0.05, 0.1) is 24.5 Å². The molecule has 0 bridgehead atoms. The predicted molar refractivity (Wildman–Crippen MR) is 120 cm³/mol. The van der Waals surface area contributed by atoms with E-state index in [9.17, 15) is 9.90 Å². The first-order chi connectivity index (χ1) is 14.7. The van der Waals surface area contributed by atoms with Crippen LogP contribution in [-0.2, 0) is 16.1 Å². The molecule has 31 heavy (non-hydrogen) atoms. The number of aliphatic hydroxyl groups is 1. The van der Waals surface area contributed by atoms with E-state index in [1.54, 1.807) is 0 Å². The second-order valence-electron chi connectivity index (χ2n) is 10.9. The van der Waals surface area contributed by atoms with Gasteiger partial charge in [-0.1, -0.05) is 19.9 Å². The van der Waals surface area contributed by atoms with E-state index in [2.05, 4.69) is 30.2 Å². The molecule has 0 radical (unpaired) electrons. The largest absolute Gasteiger partial charge is 0.390 e. The fourth-order valence-corrected chi connectivity index (χ4v) is 6.55. The van der Waals surface area contributed by atoms with Crippen molar-refractivity contribution in [2.75, 3.05) is 26.3 Å². The number of nitrogens with one attached hydrogen (secondary N) is 1. The number of rotatable bonds is 6. The summed E-state index contributed by atoms with van der Waals surface area (Å²) < 4.78 is 5.42. The first-order valence-electron chi connectivity index (χ1n) is 11.9. The van der Waals surface area contributed by atoms with Crippen LogP contribution in [0.15, 0.2) is 24.4 Å². The van der Waals surface area contributed by atoms with E-state index in [4.69, 9.17) is 4.74 Å². The zero-order valence-electron chi connectivity index (χ0n) is 19.4. The van der Waals surface area contributed by atoms with E-state index in [-0.39, 0.29) is 16.7 Å². The van der Waals surface area contributed by atoms with Gasteiger partial charge in [0.2, 0.25) is 5.91 Å². The first-order valence-corrected chi connectivity index (χ1v) is 11.9. The molecule has 4 unspecified atom stereocenters. The van der Waals surface area contributed by atoms with Crippen LogP contribution in [0.3, 0.4) is 0 Å². The summed E-state index contributed by atoms with van der Waals surface area (Å²) in [6.45, 7) is 10.1. The molecule has 0 spiro atoms. The van der Waals surface area contributed by atoms with E-state index in [0.717, 1.165) is 44.3 Å². The summed E-state index contributed by atoms with van der Waals surface area (Å²) in [6, 6.07) is 6.36. The normalized spacial score (nSPS) is 35.0. The average Bonchev–Trinajstić information content (AvgIpc) is 2.98. The van der Waals surface area contributed by atoms with Crippen LogP contribution in [-0.4, -0.2) is 58.8 Å². The van der Waals surface area contributed by atoms with E-state index < -0.39 is 5.60 Å². The van der Waals surface area contributed by atoms with Crippen molar-refractivity contribution >= 4 is 5.91 Å². The third kappa shape index (κ3) is 4.81. The van der Waals surface area contributed by atoms with Crippen molar-refractivity contribution in [3.63, 3.8) is 0 Å². The highest BCUT2D eigenvalue weighted by Crippen LogP contribution is 2.63. The highest BCUT2D eigenvalue weighted by molar-refractivity contribution is 5.76. The lowest BCUT2D eigenvalue weighted by atomic mass is 9.57. The van der Waals surface area contributed by atoms with Crippen LogP contribution in [0.2, 0.25) is 0 Å². The molecule has 3 fully saturated rings. The zero-order chi connectivity index (χ0) is 22.1. The van der Waals surface area contributed by atoms with Crippen LogP contribution < -0.4 is 5.32 Å². The van der Waals surface area contributed by atoms with Gasteiger partial charge in [-0.3, -0.25) is 9.78 Å². The molecule has 6 heteroatoms. The van der Waals surface area contributed by atoms with Gasteiger partial charge in [0.25, 0.3) is 0 Å². The SMILES string of the molecule is CC1(O)CCC2(CCC(=O)N3CCOCC3)C(NCc3ccccn3)CC(C)(C)C2C1. The van der Waals surface area contributed by atoms with Gasteiger partial charge in [-0.2, -0.15) is 0 Å². The molecule has 1 aliphatic heterocycles. The fraction of sp³-hybridized carbons (Fsp3) is 0.760. The van der Waals surface area contributed by atoms with Crippen molar-refractivity contribution in [3.05, 3.63) is 30.1 Å². The maximum Gasteiger partial charge on any atom is 0.222 e. The monoisotopic (exact) mass is 429 g/mol. The third-order valence-electron chi connectivity index (χ3n) is 8.26. The van der Waals surface area contributed by atoms with Gasteiger partial charge in [-0.05, 0) is 67.9 Å². The molecule has 1 aromatic heterocycles. The Labute approximate surface area is 186 Å². The molecule has 6 nitrogen and oxygen atoms in total. The maximum absolute atomic E-state index is 13.0. The number of hydrogen-bond acceptors (Lipinski definition) is 5. The first kappa shape index (κ1) is 22.7. The van der Waals surface area contributed by atoms with Gasteiger partial charge in [-0.15, -0.1) is 0 Å². The molecule has 3 aliphatic rings. The summed E-state index contributed by atoms with van der Waals surface area (Å²) >= 11 is 0. The lowest BCUT2D eigenvalue weighted by Gasteiger charge is -2.51. The molecule has 1 saturated heterocycles. The van der Waals surface area contributed by atoms with Crippen molar-refractivity contribution in [1.82, 2.24) is 15.2 Å². The van der Waals surface area contributed by atoms with Crippen LogP contribution in [0, 0.1) is 16.7 Å². The quantitative estimate of drug-likeness (QED) is 0.727. The summed E-state index contributed by atoms with van der Waals surface area (Å²) in [7, 11) is 0. The molecule has 1 amide bonds. The molecule has 4 rings (SSSR count). The van der Waals surface area contributed by atoms with Crippen molar-refractivity contribution in [3.8, 4) is 0 Å². The summed E-state index contributed by atoms with van der Waals surface area (Å²) in [5, 5.41) is 14.8. The lowest BCUT2D eigenvalue weighted by molar-refractivity contribution is -0.137. The van der Waals surface area contributed by atoms with E-state index in [0.29, 0.717) is 44.7 Å². The lowest BCUT2D eigenvalue weighted by Crippen LogP contribution is -2.52. The zero-order valence-corrected chi connectivity index (χ0v) is 19.4. The Morgan fingerprint density at radius 3 is 2.71 bits per heavy atom. The summed E-state index contributed by atoms with van der Waals surface area (Å²) in [6.07, 6.45) is 6.94. The molecule has 172 valence electrons. The standard InChI is InChI=1S/C25H39N3O3/c1-23(2)17-21(27-18-19-6-4-5-11-26-19)25(10-9-24(3,30)16-20(23)25)8-7-22(29)28-12-14-31-15-13-28/h4-6,11,20-21,27,30H,7-10,12-18H2,1-3H3. The minimum Gasteiger partial charge on any atom is -0.390 e. The van der Waals surface area contributed by atoms with Crippen molar-refractivity contribution in [2.45, 2.75) is 77.5 Å². The van der Waals surface area contributed by atoms with Crippen LogP contribution in [0.25, 0.3) is 0 Å². The highest BCUT2D eigenvalue weighted by Gasteiger charge is 2.61. The second kappa shape index (κ2) is 8.80. The minimum atomic E-state index is -0.616. The highest BCUT2D eigenvalue weighted by atomic mass is 16.5. The van der Waals surface area contributed by atoms with E-state index >= 15 is 0 Å². The number of hydrogen-bond donors (Lipinski definition) is 2. The smallest absolute Gasteiger partial charge is 0.222 e. The average molecular weight is 430 g/mol. The Morgan fingerprint density at radius 1 is 1.23 bits per heavy atom. The Balaban J connectivity index is 1.53. The minimum absolute atomic E-state index is 0.0302. The van der Waals surface area contributed by atoms with Crippen molar-refractivity contribution in [2.24, 2.45) is 16.7 Å². The number of amides is 1. The molecule has 4 atom stereocenters. The van der Waals surface area contributed by atoms with Gasteiger partial charge >= 0.3 is 0 Å².